The lowest BCUT2D eigenvalue weighted by Gasteiger charge is -2.31. The zero-order chi connectivity index (χ0) is 12.2. The fourth-order valence-corrected chi connectivity index (χ4v) is 2.57. The maximum Gasteiger partial charge on any atom is 0.311 e. The first kappa shape index (κ1) is 13.5. The summed E-state index contributed by atoms with van der Waals surface area (Å²) in [5, 5.41) is 10.0. The Labute approximate surface area is 98.2 Å². The Morgan fingerprint density at radius 3 is 2.38 bits per heavy atom. The Kier molecular flexibility index (Phi) is 4.78. The normalized spacial score (nSPS) is 20.5. The molecule has 16 heavy (non-hydrogen) atoms. The van der Waals surface area contributed by atoms with E-state index in [0.717, 1.165) is 6.42 Å². The van der Waals surface area contributed by atoms with Crippen molar-refractivity contribution >= 4 is 5.97 Å². The topological polar surface area (TPSA) is 46.5 Å². The predicted octanol–water partition coefficient (Wildman–Crippen LogP) is 2.52. The van der Waals surface area contributed by atoms with Gasteiger partial charge in [-0.1, -0.05) is 32.1 Å². The van der Waals surface area contributed by atoms with E-state index in [0.29, 0.717) is 5.92 Å². The molecule has 0 aromatic carbocycles. The number of hydrogen-bond acceptors (Lipinski definition) is 3. The van der Waals surface area contributed by atoms with E-state index in [2.05, 4.69) is 0 Å². The second-order valence-corrected chi connectivity index (χ2v) is 5.47. The number of carbonyl (C=O) groups excluding carboxylic acids is 1. The molecule has 0 aromatic rings. The number of methoxy groups -OCH3 is 1. The Morgan fingerprint density at radius 2 is 1.94 bits per heavy atom. The van der Waals surface area contributed by atoms with Gasteiger partial charge < -0.3 is 9.84 Å². The molecule has 1 fully saturated rings. The first-order chi connectivity index (χ1) is 7.45. The molecule has 94 valence electrons. The van der Waals surface area contributed by atoms with Crippen LogP contribution >= 0.6 is 0 Å². The van der Waals surface area contributed by atoms with Gasteiger partial charge >= 0.3 is 5.97 Å². The van der Waals surface area contributed by atoms with Gasteiger partial charge in [-0.15, -0.1) is 0 Å². The van der Waals surface area contributed by atoms with Crippen molar-refractivity contribution in [2.24, 2.45) is 11.8 Å². The average Bonchev–Trinajstić information content (AvgIpc) is 2.25. The van der Waals surface area contributed by atoms with Crippen LogP contribution in [0.5, 0.6) is 0 Å². The first-order valence-corrected chi connectivity index (χ1v) is 6.25. The third-order valence-corrected chi connectivity index (χ3v) is 3.63. The van der Waals surface area contributed by atoms with Crippen LogP contribution in [0.1, 0.15) is 52.4 Å². The lowest BCUT2D eigenvalue weighted by molar-refractivity contribution is -0.155. The maximum absolute atomic E-state index is 11.7. The molecule has 3 nitrogen and oxygen atoms in total. The largest absolute Gasteiger partial charge is 0.469 e. The van der Waals surface area contributed by atoms with Gasteiger partial charge in [-0.05, 0) is 26.2 Å². The Hall–Kier alpha value is -0.570. The monoisotopic (exact) mass is 228 g/mol. The molecule has 0 saturated heterocycles. The molecular weight excluding hydrogens is 204 g/mol. The number of carbonyl (C=O) groups is 1. The standard InChI is InChI=1S/C13H24O3/c1-13(2,15)11(12(14)16-3)9-10-7-5-4-6-8-10/h10-11,15H,4-9H2,1-3H3. The third kappa shape index (κ3) is 3.78. The number of aliphatic hydroxyl groups is 1. The summed E-state index contributed by atoms with van der Waals surface area (Å²) in [6, 6.07) is 0. The van der Waals surface area contributed by atoms with Gasteiger partial charge in [-0.2, -0.15) is 0 Å². The molecule has 1 aliphatic rings. The summed E-state index contributed by atoms with van der Waals surface area (Å²) in [4.78, 5) is 11.7. The fourth-order valence-electron chi connectivity index (χ4n) is 2.57. The predicted molar refractivity (Wildman–Crippen MR) is 63.0 cm³/mol. The van der Waals surface area contributed by atoms with Crippen molar-refractivity contribution in [1.82, 2.24) is 0 Å². The molecule has 1 atom stereocenters. The smallest absolute Gasteiger partial charge is 0.311 e. The van der Waals surface area contributed by atoms with Gasteiger partial charge in [0, 0.05) is 0 Å². The van der Waals surface area contributed by atoms with Crippen molar-refractivity contribution < 1.29 is 14.6 Å². The zero-order valence-corrected chi connectivity index (χ0v) is 10.7. The summed E-state index contributed by atoms with van der Waals surface area (Å²) in [7, 11) is 1.39. The second-order valence-electron chi connectivity index (χ2n) is 5.47. The van der Waals surface area contributed by atoms with E-state index in [1.54, 1.807) is 13.8 Å². The summed E-state index contributed by atoms with van der Waals surface area (Å²) >= 11 is 0. The molecule has 0 spiro atoms. The summed E-state index contributed by atoms with van der Waals surface area (Å²) in [6.07, 6.45) is 6.94. The van der Waals surface area contributed by atoms with E-state index in [1.807, 2.05) is 0 Å². The lowest BCUT2D eigenvalue weighted by Crippen LogP contribution is -2.39. The SMILES string of the molecule is COC(=O)C(CC1CCCCC1)C(C)(C)O. The van der Waals surface area contributed by atoms with E-state index < -0.39 is 5.60 Å². The van der Waals surface area contributed by atoms with Crippen LogP contribution in [0, 0.1) is 11.8 Å². The van der Waals surface area contributed by atoms with Crippen molar-refractivity contribution in [2.75, 3.05) is 7.11 Å². The number of ether oxygens (including phenoxy) is 1. The van der Waals surface area contributed by atoms with Crippen LogP contribution in [-0.4, -0.2) is 23.8 Å². The molecule has 0 bridgehead atoms. The van der Waals surface area contributed by atoms with Crippen LogP contribution in [0.2, 0.25) is 0 Å². The molecule has 0 aromatic heterocycles. The Bertz CT molecular complexity index is 224. The number of rotatable bonds is 4. The minimum atomic E-state index is -0.982. The molecule has 1 N–H and O–H groups in total. The van der Waals surface area contributed by atoms with Crippen LogP contribution in [-0.2, 0) is 9.53 Å². The van der Waals surface area contributed by atoms with E-state index in [1.165, 1.54) is 39.2 Å². The van der Waals surface area contributed by atoms with E-state index in [9.17, 15) is 9.90 Å². The van der Waals surface area contributed by atoms with Gasteiger partial charge in [0.1, 0.15) is 0 Å². The van der Waals surface area contributed by atoms with Gasteiger partial charge in [-0.25, -0.2) is 0 Å². The quantitative estimate of drug-likeness (QED) is 0.752. The third-order valence-electron chi connectivity index (χ3n) is 3.63. The molecule has 0 radical (unpaired) electrons. The van der Waals surface area contributed by atoms with Crippen molar-refractivity contribution in [2.45, 2.75) is 58.0 Å². The van der Waals surface area contributed by atoms with Crippen molar-refractivity contribution in [3.8, 4) is 0 Å². The van der Waals surface area contributed by atoms with E-state index >= 15 is 0 Å². The summed E-state index contributed by atoms with van der Waals surface area (Å²) in [6.45, 7) is 3.38. The highest BCUT2D eigenvalue weighted by molar-refractivity contribution is 5.73. The van der Waals surface area contributed by atoms with Crippen LogP contribution in [0.25, 0.3) is 0 Å². The Morgan fingerprint density at radius 1 is 1.38 bits per heavy atom. The molecule has 1 saturated carbocycles. The highest BCUT2D eigenvalue weighted by Gasteiger charge is 2.36. The molecule has 0 heterocycles. The molecule has 0 amide bonds. The zero-order valence-electron chi connectivity index (χ0n) is 10.7. The summed E-state index contributed by atoms with van der Waals surface area (Å²) < 4.78 is 4.78. The van der Waals surface area contributed by atoms with Gasteiger partial charge in [0.25, 0.3) is 0 Å². The Balaban J connectivity index is 2.59. The summed E-state index contributed by atoms with van der Waals surface area (Å²) in [5.41, 5.74) is -0.982. The second kappa shape index (κ2) is 5.67. The summed E-state index contributed by atoms with van der Waals surface area (Å²) in [5.74, 6) is -0.0945. The van der Waals surface area contributed by atoms with Crippen molar-refractivity contribution in [3.63, 3.8) is 0 Å². The number of esters is 1. The van der Waals surface area contributed by atoms with Gasteiger partial charge in [-0.3, -0.25) is 4.79 Å². The molecule has 1 aliphatic carbocycles. The van der Waals surface area contributed by atoms with Crippen molar-refractivity contribution in [1.29, 1.82) is 0 Å². The lowest BCUT2D eigenvalue weighted by atomic mass is 9.77. The van der Waals surface area contributed by atoms with Gasteiger partial charge in [0.15, 0.2) is 0 Å². The van der Waals surface area contributed by atoms with Crippen LogP contribution in [0.3, 0.4) is 0 Å². The molecule has 3 heteroatoms. The van der Waals surface area contributed by atoms with E-state index in [-0.39, 0.29) is 11.9 Å². The van der Waals surface area contributed by atoms with Crippen molar-refractivity contribution in [3.05, 3.63) is 0 Å². The highest BCUT2D eigenvalue weighted by Crippen LogP contribution is 2.33. The van der Waals surface area contributed by atoms with Crippen LogP contribution < -0.4 is 0 Å². The van der Waals surface area contributed by atoms with Crippen LogP contribution in [0.15, 0.2) is 0 Å². The molecule has 1 rings (SSSR count). The molecule has 1 unspecified atom stereocenters. The average molecular weight is 228 g/mol. The minimum Gasteiger partial charge on any atom is -0.469 e. The molecule has 0 aliphatic heterocycles. The van der Waals surface area contributed by atoms with Gasteiger partial charge in [0.05, 0.1) is 18.6 Å². The maximum atomic E-state index is 11.7. The van der Waals surface area contributed by atoms with Crippen LogP contribution in [0.4, 0.5) is 0 Å². The van der Waals surface area contributed by atoms with E-state index in [4.69, 9.17) is 4.74 Å². The highest BCUT2D eigenvalue weighted by atomic mass is 16.5. The first-order valence-electron chi connectivity index (χ1n) is 6.25. The number of hydrogen-bond donors (Lipinski definition) is 1. The minimum absolute atomic E-state index is 0.280. The van der Waals surface area contributed by atoms with Gasteiger partial charge in [0.2, 0.25) is 0 Å². The fraction of sp³-hybridized carbons (Fsp3) is 0.923. The molecular formula is C13H24O3.